The summed E-state index contributed by atoms with van der Waals surface area (Å²) >= 11 is 0. The molecule has 0 saturated heterocycles. The molecule has 1 aromatic rings. The summed E-state index contributed by atoms with van der Waals surface area (Å²) in [4.78, 5) is 0. The number of sulfonamides is 1. The van der Waals surface area contributed by atoms with Crippen LogP contribution < -0.4 is 4.72 Å². The highest BCUT2D eigenvalue weighted by molar-refractivity contribution is 7.89. The molecule has 0 fully saturated rings. The fraction of sp³-hybridized carbons (Fsp3) is 0.556. The van der Waals surface area contributed by atoms with Gasteiger partial charge in [0.15, 0.2) is 0 Å². The number of furan rings is 1. The van der Waals surface area contributed by atoms with Crippen LogP contribution in [0.4, 0.5) is 0 Å². The first-order chi connectivity index (χ1) is 7.05. The van der Waals surface area contributed by atoms with Crippen LogP contribution >= 0.6 is 0 Å². The molecular weight excluding hydrogens is 218 g/mol. The van der Waals surface area contributed by atoms with Crippen molar-refractivity contribution >= 4 is 10.0 Å². The van der Waals surface area contributed by atoms with E-state index in [1.807, 2.05) is 0 Å². The fourth-order valence-electron chi connectivity index (χ4n) is 1.08. The first-order valence-electron chi connectivity index (χ1n) is 4.72. The predicted molar refractivity (Wildman–Crippen MR) is 55.7 cm³/mol. The quantitative estimate of drug-likeness (QED) is 0.755. The molecule has 1 rings (SSSR count). The average molecular weight is 233 g/mol. The maximum Gasteiger partial charge on any atom is 0.211 e. The summed E-state index contributed by atoms with van der Waals surface area (Å²) in [6.07, 6.45) is 2.55. The van der Waals surface area contributed by atoms with Crippen LogP contribution in [0.25, 0.3) is 0 Å². The van der Waals surface area contributed by atoms with Crippen LogP contribution in [0.1, 0.15) is 25.0 Å². The minimum atomic E-state index is -3.17. The van der Waals surface area contributed by atoms with E-state index in [1.54, 1.807) is 13.0 Å². The van der Waals surface area contributed by atoms with Gasteiger partial charge in [-0.15, -0.1) is 0 Å². The van der Waals surface area contributed by atoms with Crippen molar-refractivity contribution in [1.82, 2.24) is 4.72 Å². The second-order valence-electron chi connectivity index (χ2n) is 3.16. The topological polar surface area (TPSA) is 79.5 Å². The van der Waals surface area contributed by atoms with Gasteiger partial charge in [0.05, 0.1) is 24.4 Å². The van der Waals surface area contributed by atoms with Gasteiger partial charge in [0.2, 0.25) is 10.0 Å². The fourth-order valence-corrected chi connectivity index (χ4v) is 1.72. The normalized spacial score (nSPS) is 14.0. The minimum absolute atomic E-state index is 0.0504. The van der Waals surface area contributed by atoms with Gasteiger partial charge in [-0.3, -0.25) is 0 Å². The van der Waals surface area contributed by atoms with Gasteiger partial charge in [-0.2, -0.15) is 0 Å². The Morgan fingerprint density at radius 2 is 2.33 bits per heavy atom. The van der Waals surface area contributed by atoms with Crippen molar-refractivity contribution < 1.29 is 17.9 Å². The number of aliphatic hydroxyl groups is 1. The smallest absolute Gasteiger partial charge is 0.211 e. The van der Waals surface area contributed by atoms with Crippen LogP contribution in [0.15, 0.2) is 23.0 Å². The van der Waals surface area contributed by atoms with Crippen LogP contribution in [0.5, 0.6) is 0 Å². The van der Waals surface area contributed by atoms with E-state index in [2.05, 4.69) is 4.72 Å². The van der Waals surface area contributed by atoms with Crippen molar-refractivity contribution in [2.75, 3.05) is 12.3 Å². The van der Waals surface area contributed by atoms with Gasteiger partial charge in [0, 0.05) is 12.1 Å². The molecule has 0 bridgehead atoms. The third-order valence-electron chi connectivity index (χ3n) is 2.05. The number of hydrogen-bond acceptors (Lipinski definition) is 4. The molecule has 0 spiro atoms. The molecule has 0 saturated carbocycles. The van der Waals surface area contributed by atoms with Crippen LogP contribution in [0.3, 0.4) is 0 Å². The van der Waals surface area contributed by atoms with Crippen molar-refractivity contribution in [2.24, 2.45) is 0 Å². The molecule has 0 aliphatic heterocycles. The first-order valence-corrected chi connectivity index (χ1v) is 6.38. The molecule has 0 radical (unpaired) electrons. The van der Waals surface area contributed by atoms with Gasteiger partial charge in [-0.25, -0.2) is 13.1 Å². The van der Waals surface area contributed by atoms with Gasteiger partial charge < -0.3 is 9.52 Å². The molecule has 15 heavy (non-hydrogen) atoms. The van der Waals surface area contributed by atoms with E-state index in [1.165, 1.54) is 12.5 Å². The van der Waals surface area contributed by atoms with Gasteiger partial charge in [0.1, 0.15) is 0 Å². The number of nitrogens with one attached hydrogen (secondary N) is 1. The molecule has 1 unspecified atom stereocenters. The molecule has 5 nitrogen and oxygen atoms in total. The lowest BCUT2D eigenvalue weighted by Crippen LogP contribution is -2.27. The van der Waals surface area contributed by atoms with E-state index in [-0.39, 0.29) is 12.3 Å². The lowest BCUT2D eigenvalue weighted by Gasteiger charge is -2.08. The molecular formula is C9H15NO4S. The van der Waals surface area contributed by atoms with Crippen LogP contribution in [0, 0.1) is 0 Å². The Balaban J connectivity index is 2.33. The Kier molecular flexibility index (Phi) is 4.31. The SMILES string of the molecule is CCS(=O)(=O)NCCC(O)c1ccoc1. The molecule has 1 aromatic heterocycles. The average Bonchev–Trinajstić information content (AvgIpc) is 2.70. The zero-order valence-corrected chi connectivity index (χ0v) is 9.33. The molecule has 0 aliphatic carbocycles. The molecule has 1 heterocycles. The second-order valence-corrected chi connectivity index (χ2v) is 5.25. The van der Waals surface area contributed by atoms with Crippen molar-refractivity contribution in [2.45, 2.75) is 19.4 Å². The number of aliphatic hydroxyl groups excluding tert-OH is 1. The highest BCUT2D eigenvalue weighted by Gasteiger charge is 2.10. The zero-order valence-electron chi connectivity index (χ0n) is 8.51. The molecule has 1 atom stereocenters. The third kappa shape index (κ3) is 4.03. The van der Waals surface area contributed by atoms with Crippen LogP contribution in [0.2, 0.25) is 0 Å². The Hall–Kier alpha value is -0.850. The van der Waals surface area contributed by atoms with E-state index >= 15 is 0 Å². The first kappa shape index (κ1) is 12.2. The van der Waals surface area contributed by atoms with Gasteiger partial charge in [-0.1, -0.05) is 0 Å². The highest BCUT2D eigenvalue weighted by atomic mass is 32.2. The van der Waals surface area contributed by atoms with Gasteiger partial charge >= 0.3 is 0 Å². The van der Waals surface area contributed by atoms with E-state index in [9.17, 15) is 13.5 Å². The van der Waals surface area contributed by atoms with Crippen molar-refractivity contribution in [3.05, 3.63) is 24.2 Å². The van der Waals surface area contributed by atoms with E-state index in [0.29, 0.717) is 12.0 Å². The van der Waals surface area contributed by atoms with E-state index in [0.717, 1.165) is 0 Å². The minimum Gasteiger partial charge on any atom is -0.472 e. The summed E-state index contributed by atoms with van der Waals surface area (Å²) in [5.41, 5.74) is 0.658. The maximum atomic E-state index is 11.1. The summed E-state index contributed by atoms with van der Waals surface area (Å²) in [7, 11) is -3.17. The summed E-state index contributed by atoms with van der Waals surface area (Å²) in [5, 5.41) is 9.58. The molecule has 0 aliphatic rings. The highest BCUT2D eigenvalue weighted by Crippen LogP contribution is 2.15. The Bertz CT molecular complexity index is 371. The Morgan fingerprint density at radius 1 is 1.60 bits per heavy atom. The van der Waals surface area contributed by atoms with Gasteiger partial charge in [-0.05, 0) is 19.4 Å². The van der Waals surface area contributed by atoms with E-state index < -0.39 is 16.1 Å². The summed E-state index contributed by atoms with van der Waals surface area (Å²) < 4.78 is 29.3. The molecule has 0 aromatic carbocycles. The molecule has 2 N–H and O–H groups in total. The lowest BCUT2D eigenvalue weighted by atomic mass is 10.1. The predicted octanol–water partition coefficient (Wildman–Crippen LogP) is 0.642. The monoisotopic (exact) mass is 233 g/mol. The zero-order chi connectivity index (χ0) is 11.3. The van der Waals surface area contributed by atoms with Gasteiger partial charge in [0.25, 0.3) is 0 Å². The summed E-state index contributed by atoms with van der Waals surface area (Å²) in [5.74, 6) is 0.0504. The standard InChI is InChI=1S/C9H15NO4S/c1-2-15(12,13)10-5-3-9(11)8-4-6-14-7-8/h4,6-7,9-11H,2-3,5H2,1H3. The number of hydrogen-bond donors (Lipinski definition) is 2. The van der Waals surface area contributed by atoms with Crippen molar-refractivity contribution in [1.29, 1.82) is 0 Å². The van der Waals surface area contributed by atoms with Crippen molar-refractivity contribution in [3.8, 4) is 0 Å². The summed E-state index contributed by atoms with van der Waals surface area (Å²) in [6.45, 7) is 1.79. The van der Waals surface area contributed by atoms with Crippen LogP contribution in [-0.2, 0) is 10.0 Å². The summed E-state index contributed by atoms with van der Waals surface area (Å²) in [6, 6.07) is 1.65. The van der Waals surface area contributed by atoms with Crippen LogP contribution in [-0.4, -0.2) is 25.8 Å². The third-order valence-corrected chi connectivity index (χ3v) is 3.45. The molecule has 86 valence electrons. The second kappa shape index (κ2) is 5.29. The largest absolute Gasteiger partial charge is 0.472 e. The molecule has 6 heteroatoms. The number of rotatable bonds is 6. The van der Waals surface area contributed by atoms with Crippen molar-refractivity contribution in [3.63, 3.8) is 0 Å². The maximum absolute atomic E-state index is 11.1. The Morgan fingerprint density at radius 3 is 2.87 bits per heavy atom. The molecule has 0 amide bonds. The Labute approximate surface area is 89.2 Å². The lowest BCUT2D eigenvalue weighted by molar-refractivity contribution is 0.168. The van der Waals surface area contributed by atoms with E-state index in [4.69, 9.17) is 4.42 Å².